The summed E-state index contributed by atoms with van der Waals surface area (Å²) in [5.41, 5.74) is 1.55. The molecule has 0 aliphatic heterocycles. The summed E-state index contributed by atoms with van der Waals surface area (Å²) in [4.78, 5) is 13.1. The Hall–Kier alpha value is -2.59. The fraction of sp³-hybridized carbons (Fsp3) is 0.542. The Kier molecular flexibility index (Phi) is 8.66. The van der Waals surface area contributed by atoms with Crippen molar-refractivity contribution in [3.05, 3.63) is 30.0 Å². The number of hydrogen-bond acceptors (Lipinski definition) is 10. The van der Waals surface area contributed by atoms with E-state index in [1.165, 1.54) is 11.3 Å². The van der Waals surface area contributed by atoms with Crippen LogP contribution in [0.2, 0.25) is 0 Å². The van der Waals surface area contributed by atoms with Crippen LogP contribution < -0.4 is 15.4 Å². The fourth-order valence-corrected chi connectivity index (χ4v) is 7.08. The summed E-state index contributed by atoms with van der Waals surface area (Å²) in [6.45, 7) is 3.77. The maximum Gasteiger partial charge on any atom is 0.405 e. The van der Waals surface area contributed by atoms with E-state index in [0.29, 0.717) is 16.3 Å². The summed E-state index contributed by atoms with van der Waals surface area (Å²) in [5, 5.41) is 27.2. The van der Waals surface area contributed by atoms with Crippen LogP contribution in [0.1, 0.15) is 26.0 Å². The molecule has 1 aliphatic rings. The lowest BCUT2D eigenvalue weighted by Gasteiger charge is -2.21. The monoisotopic (exact) mass is 588 g/mol. The van der Waals surface area contributed by atoms with Crippen LogP contribution in [0.15, 0.2) is 24.3 Å². The summed E-state index contributed by atoms with van der Waals surface area (Å²) >= 11 is 1.36. The third kappa shape index (κ3) is 7.33. The molecule has 10 nitrogen and oxygen atoms in total. The number of sulfonamides is 1. The number of aliphatic hydroxyl groups is 2. The third-order valence-corrected chi connectivity index (χ3v) is 9.05. The predicted octanol–water partition coefficient (Wildman–Crippen LogP) is 3.13. The molecule has 5 N–H and O–H groups in total. The lowest BCUT2D eigenvalue weighted by molar-refractivity contribution is -0.115. The molecule has 2 aromatic heterocycles. The topological polar surface area (TPSA) is 149 Å². The highest BCUT2D eigenvalue weighted by Gasteiger charge is 2.42. The van der Waals surface area contributed by atoms with E-state index in [1.807, 2.05) is 24.3 Å². The minimum absolute atomic E-state index is 0.0700. The van der Waals surface area contributed by atoms with Gasteiger partial charge in [0.05, 0.1) is 39.4 Å². The van der Waals surface area contributed by atoms with Gasteiger partial charge < -0.3 is 20.8 Å². The van der Waals surface area contributed by atoms with Crippen molar-refractivity contribution in [2.45, 2.75) is 51.6 Å². The summed E-state index contributed by atoms with van der Waals surface area (Å²) in [6.07, 6.45) is -6.82. The number of halogens is 3. The molecule has 2 heterocycles. The molecule has 1 saturated carbocycles. The number of hydrogen-bond donors (Lipinski definition) is 5. The van der Waals surface area contributed by atoms with Gasteiger partial charge in [-0.1, -0.05) is 26.0 Å². The van der Waals surface area contributed by atoms with E-state index in [-0.39, 0.29) is 36.4 Å². The van der Waals surface area contributed by atoms with Gasteiger partial charge in [0, 0.05) is 12.5 Å². The minimum atomic E-state index is -4.49. The molecule has 3 aromatic rings. The van der Waals surface area contributed by atoms with Crippen LogP contribution in [0.25, 0.3) is 20.8 Å². The second-order valence-corrected chi connectivity index (χ2v) is 12.9. The Morgan fingerprint density at radius 2 is 1.85 bits per heavy atom. The average Bonchev–Trinajstić information content (AvgIpc) is 3.36. The van der Waals surface area contributed by atoms with Crippen molar-refractivity contribution >= 4 is 43.3 Å². The maximum atomic E-state index is 12.8. The number of aliphatic hydroxyl groups excluding tert-OH is 2. The number of aryl methyl sites for hydroxylation is 1. The standard InChI is InChI=1S/C24H31F3N6O4S2/c1-12(2)10-39(36,37)29-9-14-8-16(20(35)19(14)34)31-21-18(22-32-15-6-4-5-7-17(15)38-22)13(3)30-23(33-21)28-11-24(25,26)27/h4-7,12,14,16,19-20,29,34-35H,8-11H2,1-3H3,(H2,28,30,31,33)/t14-,16-,19-,20+/m1/s1. The SMILES string of the molecule is Cc1nc(NCC(F)(F)F)nc(N[C@@H]2C[C@H](CNS(=O)(=O)CC(C)C)[C@@H](O)[C@H]2O)c1-c1nc2ccccc2s1. The number of benzene rings is 1. The Morgan fingerprint density at radius 3 is 2.51 bits per heavy atom. The molecule has 0 radical (unpaired) electrons. The van der Waals surface area contributed by atoms with Crippen LogP contribution >= 0.6 is 11.3 Å². The van der Waals surface area contributed by atoms with Gasteiger partial charge in [-0.3, -0.25) is 0 Å². The molecule has 0 spiro atoms. The third-order valence-electron chi connectivity index (χ3n) is 6.29. The molecule has 1 fully saturated rings. The van der Waals surface area contributed by atoms with Gasteiger partial charge in [-0.25, -0.2) is 23.1 Å². The lowest BCUT2D eigenvalue weighted by atomic mass is 10.1. The molecule has 0 unspecified atom stereocenters. The number of nitrogens with zero attached hydrogens (tertiary/aromatic N) is 3. The van der Waals surface area contributed by atoms with Crippen LogP contribution in [0, 0.1) is 18.8 Å². The van der Waals surface area contributed by atoms with E-state index in [9.17, 15) is 31.8 Å². The van der Waals surface area contributed by atoms with E-state index in [2.05, 4.69) is 30.3 Å². The van der Waals surface area contributed by atoms with Gasteiger partial charge in [-0.05, 0) is 31.4 Å². The van der Waals surface area contributed by atoms with Gasteiger partial charge >= 0.3 is 6.18 Å². The van der Waals surface area contributed by atoms with Gasteiger partial charge in [0.15, 0.2) is 0 Å². The molecular formula is C24H31F3N6O4S2. The molecule has 0 bridgehead atoms. The van der Waals surface area contributed by atoms with Crippen LogP contribution in [-0.4, -0.2) is 76.9 Å². The van der Waals surface area contributed by atoms with Gasteiger partial charge in [0.1, 0.15) is 23.5 Å². The van der Waals surface area contributed by atoms with Crippen molar-refractivity contribution in [1.29, 1.82) is 0 Å². The maximum absolute atomic E-state index is 12.8. The van der Waals surface area contributed by atoms with Gasteiger partial charge in [-0.2, -0.15) is 18.2 Å². The molecule has 214 valence electrons. The normalized spacial score (nSPS) is 22.1. The van der Waals surface area contributed by atoms with E-state index in [4.69, 9.17) is 0 Å². The number of fused-ring (bicyclic) bond motifs is 1. The predicted molar refractivity (Wildman–Crippen MR) is 144 cm³/mol. The molecule has 4 atom stereocenters. The van der Waals surface area contributed by atoms with E-state index < -0.39 is 46.9 Å². The van der Waals surface area contributed by atoms with E-state index >= 15 is 0 Å². The van der Waals surface area contributed by atoms with Crippen LogP contribution in [-0.2, 0) is 10.0 Å². The molecule has 1 aromatic carbocycles. The quantitative estimate of drug-likeness (QED) is 0.241. The summed E-state index contributed by atoms with van der Waals surface area (Å²) in [6, 6.07) is 6.66. The Morgan fingerprint density at radius 1 is 1.13 bits per heavy atom. The molecule has 0 saturated heterocycles. The Bertz CT molecular complexity index is 1380. The molecule has 4 rings (SSSR count). The number of para-hydroxylation sites is 1. The van der Waals surface area contributed by atoms with E-state index in [0.717, 1.165) is 10.2 Å². The Balaban J connectivity index is 1.62. The zero-order valence-electron chi connectivity index (χ0n) is 21.5. The van der Waals surface area contributed by atoms with Gasteiger partial charge in [0.25, 0.3) is 0 Å². The smallest absolute Gasteiger partial charge is 0.390 e. The molecule has 1 aliphatic carbocycles. The first-order valence-electron chi connectivity index (χ1n) is 12.4. The van der Waals surface area contributed by atoms with Gasteiger partial charge in [-0.15, -0.1) is 11.3 Å². The highest BCUT2D eigenvalue weighted by molar-refractivity contribution is 7.89. The second kappa shape index (κ2) is 11.5. The summed E-state index contributed by atoms with van der Waals surface area (Å²) < 4.78 is 66.4. The van der Waals surface area contributed by atoms with Crippen molar-refractivity contribution < 1.29 is 31.8 Å². The number of thiazole rings is 1. The highest BCUT2D eigenvalue weighted by Crippen LogP contribution is 2.38. The van der Waals surface area contributed by atoms with Crippen molar-refractivity contribution in [3.8, 4) is 10.6 Å². The zero-order valence-corrected chi connectivity index (χ0v) is 23.2. The fourth-order valence-electron chi connectivity index (χ4n) is 4.55. The summed E-state index contributed by atoms with van der Waals surface area (Å²) in [7, 11) is -3.56. The highest BCUT2D eigenvalue weighted by atomic mass is 32.2. The van der Waals surface area contributed by atoms with Crippen LogP contribution in [0.4, 0.5) is 24.9 Å². The molecular weight excluding hydrogens is 557 g/mol. The molecule has 0 amide bonds. The molecule has 15 heteroatoms. The number of nitrogens with one attached hydrogen (secondary N) is 3. The first kappa shape index (κ1) is 29.4. The van der Waals surface area contributed by atoms with Crippen molar-refractivity contribution in [1.82, 2.24) is 19.7 Å². The number of rotatable bonds is 10. The first-order chi connectivity index (χ1) is 18.2. The number of alkyl halides is 3. The van der Waals surface area contributed by atoms with Crippen molar-refractivity contribution in [2.75, 3.05) is 29.5 Å². The Labute approximate surface area is 228 Å². The van der Waals surface area contributed by atoms with Crippen LogP contribution in [0.3, 0.4) is 0 Å². The van der Waals surface area contributed by atoms with E-state index in [1.54, 1.807) is 20.8 Å². The molecule has 39 heavy (non-hydrogen) atoms. The zero-order chi connectivity index (χ0) is 28.5. The largest absolute Gasteiger partial charge is 0.405 e. The second-order valence-electron chi connectivity index (χ2n) is 10.1. The number of anilines is 2. The van der Waals surface area contributed by atoms with Gasteiger partial charge in [0.2, 0.25) is 16.0 Å². The number of aromatic nitrogens is 3. The first-order valence-corrected chi connectivity index (χ1v) is 14.8. The average molecular weight is 589 g/mol. The van der Waals surface area contributed by atoms with Crippen molar-refractivity contribution in [2.24, 2.45) is 11.8 Å². The lowest BCUT2D eigenvalue weighted by Crippen LogP contribution is -2.38. The van der Waals surface area contributed by atoms with Crippen LogP contribution in [0.5, 0.6) is 0 Å². The minimum Gasteiger partial charge on any atom is -0.390 e. The van der Waals surface area contributed by atoms with Crippen molar-refractivity contribution in [3.63, 3.8) is 0 Å². The summed E-state index contributed by atoms with van der Waals surface area (Å²) in [5.74, 6) is -0.875.